The maximum absolute atomic E-state index is 11.2. The van der Waals surface area contributed by atoms with Crippen LogP contribution in [0.15, 0.2) is 30.5 Å². The van der Waals surface area contributed by atoms with Crippen LogP contribution in [0.5, 0.6) is 0 Å². The number of rotatable bonds is 5. The molecule has 1 aliphatic heterocycles. The Balaban J connectivity index is 1.68. The summed E-state index contributed by atoms with van der Waals surface area (Å²) in [5.74, 6) is 1.14. The fourth-order valence-electron chi connectivity index (χ4n) is 3.56. The van der Waals surface area contributed by atoms with Crippen molar-refractivity contribution in [1.82, 2.24) is 28.9 Å². The molecule has 3 aromatic rings. The van der Waals surface area contributed by atoms with Crippen LogP contribution in [0.2, 0.25) is 0 Å². The molecular weight excluding hydrogens is 346 g/mol. The summed E-state index contributed by atoms with van der Waals surface area (Å²) in [6, 6.07) is 7.93. The molecule has 1 aliphatic rings. The smallest absolute Gasteiger partial charge is 0.343 e. The summed E-state index contributed by atoms with van der Waals surface area (Å²) < 4.78 is 3.62. The van der Waals surface area contributed by atoms with Gasteiger partial charge in [-0.2, -0.15) is 0 Å². The summed E-state index contributed by atoms with van der Waals surface area (Å²) in [7, 11) is 3.80. The quantitative estimate of drug-likeness (QED) is 0.502. The second-order valence-electron chi connectivity index (χ2n) is 6.98. The number of nitro groups is 1. The first-order chi connectivity index (χ1) is 13.0. The van der Waals surface area contributed by atoms with Gasteiger partial charge in [-0.1, -0.05) is 12.1 Å². The van der Waals surface area contributed by atoms with E-state index in [1.165, 1.54) is 10.8 Å². The molecule has 9 nitrogen and oxygen atoms in total. The maximum Gasteiger partial charge on any atom is 0.343 e. The van der Waals surface area contributed by atoms with Gasteiger partial charge in [0.25, 0.3) is 5.82 Å². The van der Waals surface area contributed by atoms with Crippen LogP contribution in [0.1, 0.15) is 0 Å². The molecule has 0 amide bonds. The molecule has 27 heavy (non-hydrogen) atoms. The monoisotopic (exact) mass is 369 g/mol. The number of hydrogen-bond donors (Lipinski definition) is 0. The molecule has 0 radical (unpaired) electrons. The number of benzene rings is 1. The molecule has 1 saturated heterocycles. The minimum atomic E-state index is -0.423. The van der Waals surface area contributed by atoms with E-state index in [9.17, 15) is 10.1 Å². The molecule has 4 rings (SSSR count). The standard InChI is InChI=1S/C18H23N7O2/c1-21-7-9-23(10-8-21)11-12-24-15-6-4-3-5-14(15)20-18(24)17-19-13-16(22(17)2)25(26)27/h3-6,13H,7-12H2,1-2H3. The number of hydrogen-bond acceptors (Lipinski definition) is 6. The lowest BCUT2D eigenvalue weighted by molar-refractivity contribution is -0.391. The molecule has 0 saturated carbocycles. The van der Waals surface area contributed by atoms with Crippen molar-refractivity contribution >= 4 is 16.9 Å². The molecule has 9 heteroatoms. The van der Waals surface area contributed by atoms with E-state index in [2.05, 4.69) is 26.4 Å². The van der Waals surface area contributed by atoms with E-state index in [1.54, 1.807) is 7.05 Å². The van der Waals surface area contributed by atoms with E-state index in [1.807, 2.05) is 24.3 Å². The van der Waals surface area contributed by atoms with Crippen molar-refractivity contribution in [2.75, 3.05) is 39.8 Å². The van der Waals surface area contributed by atoms with Gasteiger partial charge >= 0.3 is 5.82 Å². The van der Waals surface area contributed by atoms with Crippen molar-refractivity contribution in [3.05, 3.63) is 40.6 Å². The van der Waals surface area contributed by atoms with Gasteiger partial charge in [0, 0.05) is 39.3 Å². The van der Waals surface area contributed by atoms with Crippen molar-refractivity contribution < 1.29 is 4.92 Å². The van der Waals surface area contributed by atoms with Crippen LogP contribution in [0.3, 0.4) is 0 Å². The average Bonchev–Trinajstić information content (AvgIpc) is 3.21. The molecule has 1 aromatic carbocycles. The Morgan fingerprint density at radius 2 is 1.81 bits per heavy atom. The summed E-state index contributed by atoms with van der Waals surface area (Å²) in [5, 5.41) is 11.2. The Labute approximate surface area is 157 Å². The first kappa shape index (κ1) is 17.6. The zero-order chi connectivity index (χ0) is 19.0. The van der Waals surface area contributed by atoms with Gasteiger partial charge in [-0.25, -0.2) is 14.5 Å². The van der Waals surface area contributed by atoms with Crippen molar-refractivity contribution in [3.8, 4) is 11.6 Å². The molecule has 3 heterocycles. The number of nitrogens with zero attached hydrogens (tertiary/aromatic N) is 7. The van der Waals surface area contributed by atoms with Gasteiger partial charge in [0.15, 0.2) is 0 Å². The Morgan fingerprint density at radius 3 is 2.52 bits per heavy atom. The Hall–Kier alpha value is -2.78. The van der Waals surface area contributed by atoms with Crippen LogP contribution < -0.4 is 0 Å². The summed E-state index contributed by atoms with van der Waals surface area (Å²) in [5.41, 5.74) is 1.89. The first-order valence-corrected chi connectivity index (χ1v) is 9.07. The molecule has 0 bridgehead atoms. The predicted octanol–water partition coefficient (Wildman–Crippen LogP) is 1.59. The summed E-state index contributed by atoms with van der Waals surface area (Å²) in [6.45, 7) is 5.92. The Morgan fingerprint density at radius 1 is 1.07 bits per heavy atom. The molecule has 142 valence electrons. The highest BCUT2D eigenvalue weighted by atomic mass is 16.6. The summed E-state index contributed by atoms with van der Waals surface area (Å²) >= 11 is 0. The van der Waals surface area contributed by atoms with E-state index in [0.29, 0.717) is 11.6 Å². The van der Waals surface area contributed by atoms with Crippen LogP contribution in [-0.2, 0) is 13.6 Å². The van der Waals surface area contributed by atoms with E-state index < -0.39 is 4.92 Å². The van der Waals surface area contributed by atoms with Gasteiger partial charge in [-0.3, -0.25) is 4.90 Å². The second kappa shape index (κ2) is 7.09. The van der Waals surface area contributed by atoms with Crippen molar-refractivity contribution in [3.63, 3.8) is 0 Å². The second-order valence-corrected chi connectivity index (χ2v) is 6.98. The maximum atomic E-state index is 11.2. The highest BCUT2D eigenvalue weighted by Crippen LogP contribution is 2.26. The first-order valence-electron chi connectivity index (χ1n) is 9.07. The molecule has 0 spiro atoms. The van der Waals surface area contributed by atoms with Crippen LogP contribution in [0.4, 0.5) is 5.82 Å². The van der Waals surface area contributed by atoms with E-state index in [4.69, 9.17) is 4.98 Å². The average molecular weight is 369 g/mol. The topological polar surface area (TPSA) is 85.3 Å². The number of para-hydroxylation sites is 2. The minimum absolute atomic E-state index is 0.0392. The molecule has 1 fully saturated rings. The lowest BCUT2D eigenvalue weighted by atomic mass is 10.3. The highest BCUT2D eigenvalue weighted by molar-refractivity contribution is 5.79. The molecule has 0 N–H and O–H groups in total. The number of likely N-dealkylation sites (N-methyl/N-ethyl adjacent to an activating group) is 1. The van der Waals surface area contributed by atoms with Crippen molar-refractivity contribution in [2.45, 2.75) is 6.54 Å². The molecule has 0 atom stereocenters. The molecule has 2 aromatic heterocycles. The molecule has 0 unspecified atom stereocenters. The third kappa shape index (κ3) is 3.31. The minimum Gasteiger partial charge on any atom is -0.358 e. The number of imidazole rings is 2. The van der Waals surface area contributed by atoms with Gasteiger partial charge in [-0.05, 0) is 24.1 Å². The molecule has 0 aliphatic carbocycles. The fourth-order valence-corrected chi connectivity index (χ4v) is 3.56. The van der Waals surface area contributed by atoms with Crippen LogP contribution >= 0.6 is 0 Å². The zero-order valence-electron chi connectivity index (χ0n) is 15.6. The van der Waals surface area contributed by atoms with Crippen molar-refractivity contribution in [2.24, 2.45) is 7.05 Å². The van der Waals surface area contributed by atoms with Gasteiger partial charge in [0.1, 0.15) is 6.20 Å². The van der Waals surface area contributed by atoms with Crippen LogP contribution in [0, 0.1) is 10.1 Å². The lowest BCUT2D eigenvalue weighted by Crippen LogP contribution is -2.45. The van der Waals surface area contributed by atoms with Gasteiger partial charge in [0.2, 0.25) is 5.82 Å². The number of piperazine rings is 1. The fraction of sp³-hybridized carbons (Fsp3) is 0.444. The Kier molecular flexibility index (Phi) is 4.63. The van der Waals surface area contributed by atoms with Gasteiger partial charge in [0.05, 0.1) is 18.1 Å². The van der Waals surface area contributed by atoms with E-state index in [0.717, 1.165) is 50.3 Å². The molecular formula is C18H23N7O2. The number of fused-ring (bicyclic) bond motifs is 1. The predicted molar refractivity (Wildman–Crippen MR) is 103 cm³/mol. The lowest BCUT2D eigenvalue weighted by Gasteiger charge is -2.32. The normalized spacial score (nSPS) is 16.2. The van der Waals surface area contributed by atoms with E-state index >= 15 is 0 Å². The van der Waals surface area contributed by atoms with Crippen LogP contribution in [0.25, 0.3) is 22.7 Å². The summed E-state index contributed by atoms with van der Waals surface area (Å²) in [4.78, 5) is 24.6. The largest absolute Gasteiger partial charge is 0.358 e. The number of aromatic nitrogens is 4. The van der Waals surface area contributed by atoms with Crippen molar-refractivity contribution in [1.29, 1.82) is 0 Å². The van der Waals surface area contributed by atoms with Gasteiger partial charge < -0.3 is 19.6 Å². The third-order valence-electron chi connectivity index (χ3n) is 5.24. The van der Waals surface area contributed by atoms with E-state index in [-0.39, 0.29) is 5.82 Å². The highest BCUT2D eigenvalue weighted by Gasteiger charge is 2.24. The third-order valence-corrected chi connectivity index (χ3v) is 5.24. The Bertz CT molecular complexity index is 969. The SMILES string of the molecule is CN1CCN(CCn2c(-c3ncc([N+](=O)[O-])n3C)nc3ccccc32)CC1. The summed E-state index contributed by atoms with van der Waals surface area (Å²) in [6.07, 6.45) is 1.29. The van der Waals surface area contributed by atoms with Crippen LogP contribution in [-0.4, -0.2) is 73.6 Å². The van der Waals surface area contributed by atoms with Gasteiger partial charge in [-0.15, -0.1) is 0 Å². The zero-order valence-corrected chi connectivity index (χ0v) is 15.6.